The molecule has 6 heteroatoms. The van der Waals surface area contributed by atoms with E-state index in [0.717, 1.165) is 75.8 Å². The number of aryl methyl sites for hydroxylation is 2. The number of benzene rings is 1. The molecule has 0 radical (unpaired) electrons. The maximum Gasteiger partial charge on any atom is 0.310 e. The summed E-state index contributed by atoms with van der Waals surface area (Å²) in [7, 11) is 0. The normalized spacial score (nSPS) is 21.8. The summed E-state index contributed by atoms with van der Waals surface area (Å²) in [5, 5.41) is 1.18. The van der Waals surface area contributed by atoms with Crippen LogP contribution in [-0.2, 0) is 35.5 Å². The van der Waals surface area contributed by atoms with Crippen molar-refractivity contribution < 1.29 is 9.53 Å². The van der Waals surface area contributed by atoms with Crippen LogP contribution in [0.4, 0.5) is 0 Å². The van der Waals surface area contributed by atoms with E-state index in [1.807, 2.05) is 17.6 Å². The number of piperidine rings is 2. The minimum atomic E-state index is -0.0348. The molecule has 0 N–H and O–H groups in total. The lowest BCUT2D eigenvalue weighted by molar-refractivity contribution is -0.150. The van der Waals surface area contributed by atoms with E-state index in [9.17, 15) is 9.59 Å². The van der Waals surface area contributed by atoms with Gasteiger partial charge in [-0.05, 0) is 106 Å². The van der Waals surface area contributed by atoms with Crippen LogP contribution in [0.2, 0.25) is 0 Å². The van der Waals surface area contributed by atoms with Crippen molar-refractivity contribution in [2.24, 2.45) is 5.92 Å². The van der Waals surface area contributed by atoms with Crippen molar-refractivity contribution in [3.05, 3.63) is 57.9 Å². The first-order valence-corrected chi connectivity index (χ1v) is 13.5. The number of hydrogen-bond donors (Lipinski definition) is 0. The van der Waals surface area contributed by atoms with E-state index in [1.165, 1.54) is 22.9 Å². The Labute approximate surface area is 208 Å². The van der Waals surface area contributed by atoms with Gasteiger partial charge in [-0.25, -0.2) is 0 Å². The second-order valence-electron chi connectivity index (χ2n) is 10.5. The van der Waals surface area contributed by atoms with Gasteiger partial charge in [0.05, 0.1) is 18.0 Å². The van der Waals surface area contributed by atoms with Gasteiger partial charge in [-0.3, -0.25) is 19.4 Å². The standard InChI is InChI=1S/C29H39N3O3/c1-3-12-32-27-18-22-8-5-7-21(22)16-24(27)17-25(28(32)33)19-30-14-10-26(11-15-30)31-13-6-9-23(20-31)29(34)35-4-2/h3,16-18,23,26H,1,4-15,19-20H2,2H3. The van der Waals surface area contributed by atoms with Crippen LogP contribution in [0.3, 0.4) is 0 Å². The first-order chi connectivity index (χ1) is 17.1. The second-order valence-corrected chi connectivity index (χ2v) is 10.5. The fraction of sp³-hybridized carbons (Fsp3) is 0.586. The van der Waals surface area contributed by atoms with Gasteiger partial charge in [-0.1, -0.05) is 6.08 Å². The van der Waals surface area contributed by atoms with Gasteiger partial charge < -0.3 is 9.30 Å². The number of esters is 1. The molecule has 0 spiro atoms. The fourth-order valence-electron chi connectivity index (χ4n) is 6.41. The minimum absolute atomic E-state index is 0.0177. The van der Waals surface area contributed by atoms with Gasteiger partial charge in [-0.15, -0.1) is 6.58 Å². The van der Waals surface area contributed by atoms with Gasteiger partial charge >= 0.3 is 5.97 Å². The number of fused-ring (bicyclic) bond motifs is 2. The predicted molar refractivity (Wildman–Crippen MR) is 140 cm³/mol. The zero-order valence-electron chi connectivity index (χ0n) is 21.1. The zero-order chi connectivity index (χ0) is 24.4. The molecule has 3 heterocycles. The summed E-state index contributed by atoms with van der Waals surface area (Å²) in [5.74, 6) is -0.0171. The molecule has 3 aliphatic rings. The predicted octanol–water partition coefficient (Wildman–Crippen LogP) is 3.92. The SMILES string of the molecule is C=CCn1c(=O)c(CN2CCC(N3CCCC(C(=O)OCC)C3)CC2)cc2cc3c(cc21)CCC3. The Morgan fingerprint density at radius 3 is 2.60 bits per heavy atom. The monoisotopic (exact) mass is 477 g/mol. The van der Waals surface area contributed by atoms with Crippen molar-refractivity contribution in [1.82, 2.24) is 14.4 Å². The number of ether oxygens (including phenoxy) is 1. The Morgan fingerprint density at radius 1 is 1.09 bits per heavy atom. The lowest BCUT2D eigenvalue weighted by atomic mass is 9.94. The van der Waals surface area contributed by atoms with E-state index in [0.29, 0.717) is 25.7 Å². The highest BCUT2D eigenvalue weighted by atomic mass is 16.5. The molecule has 0 amide bonds. The molecular weight excluding hydrogens is 438 g/mol. The van der Waals surface area contributed by atoms with E-state index in [1.54, 1.807) is 0 Å². The molecular formula is C29H39N3O3. The Bertz CT molecular complexity index is 1150. The van der Waals surface area contributed by atoms with Crippen molar-refractivity contribution in [2.75, 3.05) is 32.8 Å². The first kappa shape index (κ1) is 24.3. The van der Waals surface area contributed by atoms with Gasteiger partial charge in [0, 0.05) is 31.2 Å². The van der Waals surface area contributed by atoms with E-state index in [2.05, 4.69) is 34.6 Å². The van der Waals surface area contributed by atoms with Crippen LogP contribution >= 0.6 is 0 Å². The van der Waals surface area contributed by atoms with E-state index >= 15 is 0 Å². The zero-order valence-corrected chi connectivity index (χ0v) is 21.1. The number of aromatic nitrogens is 1. The summed E-state index contributed by atoms with van der Waals surface area (Å²) in [4.78, 5) is 30.6. The molecule has 1 aromatic heterocycles. The third-order valence-corrected chi connectivity index (χ3v) is 8.23. The molecule has 6 nitrogen and oxygen atoms in total. The van der Waals surface area contributed by atoms with Gasteiger partial charge in [0.1, 0.15) is 0 Å². The third kappa shape index (κ3) is 5.10. The van der Waals surface area contributed by atoms with Crippen molar-refractivity contribution in [2.45, 2.75) is 71.0 Å². The van der Waals surface area contributed by atoms with Crippen LogP contribution in [0.1, 0.15) is 55.7 Å². The van der Waals surface area contributed by atoms with Crippen LogP contribution in [0.15, 0.2) is 35.6 Å². The average molecular weight is 478 g/mol. The highest BCUT2D eigenvalue weighted by Gasteiger charge is 2.32. The average Bonchev–Trinajstić information content (AvgIpc) is 3.33. The molecule has 1 atom stereocenters. The molecule has 2 fully saturated rings. The second kappa shape index (κ2) is 10.7. The molecule has 1 unspecified atom stereocenters. The number of hydrogen-bond acceptors (Lipinski definition) is 5. The van der Waals surface area contributed by atoms with Crippen molar-refractivity contribution in [3.63, 3.8) is 0 Å². The number of allylic oxidation sites excluding steroid dienone is 1. The van der Waals surface area contributed by atoms with Crippen LogP contribution in [0.5, 0.6) is 0 Å². The van der Waals surface area contributed by atoms with Crippen molar-refractivity contribution in [3.8, 4) is 0 Å². The summed E-state index contributed by atoms with van der Waals surface area (Å²) >= 11 is 0. The van der Waals surface area contributed by atoms with E-state index in [4.69, 9.17) is 4.74 Å². The molecule has 2 saturated heterocycles. The van der Waals surface area contributed by atoms with Gasteiger partial charge in [0.2, 0.25) is 0 Å². The van der Waals surface area contributed by atoms with Crippen LogP contribution in [-0.4, -0.2) is 59.2 Å². The van der Waals surface area contributed by atoms with Crippen LogP contribution < -0.4 is 5.56 Å². The Hall–Kier alpha value is -2.44. The molecule has 2 aromatic rings. The Balaban J connectivity index is 1.27. The van der Waals surface area contributed by atoms with Gasteiger partial charge in [0.25, 0.3) is 5.56 Å². The molecule has 35 heavy (non-hydrogen) atoms. The maximum atomic E-state index is 13.4. The summed E-state index contributed by atoms with van der Waals surface area (Å²) in [6.07, 6.45) is 9.45. The number of carbonyl (C=O) groups excluding carboxylic acids is 1. The number of pyridine rings is 1. The molecule has 188 valence electrons. The van der Waals surface area contributed by atoms with E-state index < -0.39 is 0 Å². The first-order valence-electron chi connectivity index (χ1n) is 13.5. The molecule has 5 rings (SSSR count). The van der Waals surface area contributed by atoms with Crippen molar-refractivity contribution >= 4 is 16.9 Å². The topological polar surface area (TPSA) is 54.8 Å². The summed E-state index contributed by atoms with van der Waals surface area (Å²) < 4.78 is 7.19. The smallest absolute Gasteiger partial charge is 0.310 e. The van der Waals surface area contributed by atoms with Gasteiger partial charge in [-0.2, -0.15) is 0 Å². The molecule has 1 aliphatic carbocycles. The Kier molecular flexibility index (Phi) is 7.40. The Morgan fingerprint density at radius 2 is 1.86 bits per heavy atom. The van der Waals surface area contributed by atoms with Crippen LogP contribution in [0.25, 0.3) is 10.9 Å². The number of likely N-dealkylation sites (tertiary alicyclic amines) is 2. The largest absolute Gasteiger partial charge is 0.466 e. The lowest BCUT2D eigenvalue weighted by Gasteiger charge is -2.41. The molecule has 0 bridgehead atoms. The van der Waals surface area contributed by atoms with Gasteiger partial charge in [0.15, 0.2) is 0 Å². The van der Waals surface area contributed by atoms with Crippen LogP contribution in [0, 0.1) is 5.92 Å². The third-order valence-electron chi connectivity index (χ3n) is 8.23. The number of carbonyl (C=O) groups is 1. The lowest BCUT2D eigenvalue weighted by Crippen LogP contribution is -2.49. The van der Waals surface area contributed by atoms with E-state index in [-0.39, 0.29) is 17.4 Å². The summed E-state index contributed by atoms with van der Waals surface area (Å²) in [5.41, 5.74) is 4.88. The fourth-order valence-corrected chi connectivity index (χ4v) is 6.41. The maximum absolute atomic E-state index is 13.4. The summed E-state index contributed by atoms with van der Waals surface area (Å²) in [6.45, 7) is 11.3. The molecule has 2 aliphatic heterocycles. The quantitative estimate of drug-likeness (QED) is 0.447. The van der Waals surface area contributed by atoms with Crippen molar-refractivity contribution in [1.29, 1.82) is 0 Å². The highest BCUT2D eigenvalue weighted by molar-refractivity contribution is 5.82. The number of nitrogens with zero attached hydrogens (tertiary/aromatic N) is 3. The highest BCUT2D eigenvalue weighted by Crippen LogP contribution is 2.28. The molecule has 1 aromatic carbocycles. The summed E-state index contributed by atoms with van der Waals surface area (Å²) in [6, 6.07) is 7.19. The minimum Gasteiger partial charge on any atom is -0.466 e. The number of rotatable bonds is 7. The molecule has 0 saturated carbocycles.